The third-order valence-electron chi connectivity index (χ3n) is 7.00. The summed E-state index contributed by atoms with van der Waals surface area (Å²) in [5.74, 6) is -2.31. The summed E-state index contributed by atoms with van der Waals surface area (Å²) in [5, 5.41) is 15.7. The number of anilines is 1. The van der Waals surface area contributed by atoms with Gasteiger partial charge in [-0.1, -0.05) is 35.3 Å². The van der Waals surface area contributed by atoms with Crippen LogP contribution in [0, 0.1) is 12.7 Å². The van der Waals surface area contributed by atoms with Crippen LogP contribution in [-0.2, 0) is 19.8 Å². The lowest BCUT2D eigenvalue weighted by Gasteiger charge is -2.42. The smallest absolute Gasteiger partial charge is 0.307 e. The van der Waals surface area contributed by atoms with Gasteiger partial charge in [-0.15, -0.1) is 0 Å². The van der Waals surface area contributed by atoms with E-state index in [2.05, 4.69) is 10.6 Å². The highest BCUT2D eigenvalue weighted by molar-refractivity contribution is 6.31. The van der Waals surface area contributed by atoms with Gasteiger partial charge in [-0.05, 0) is 78.6 Å². The standard InChI is InChI=1S/C29H23Cl2FN2O5/c1-14-3-6-18(32)12-19(14)22-13-25(35)34-27(29(22)21-7-4-17(31)11-23(21)33-28(29)38)20-10-16(30)5-8-24(20)39-15(2)9-26(36)37/h3-8,10-13,15,27H,9H2,1-2H3,(H,33,38)(H,34,35)(H,36,37)/t15?,27-,29+/m0/s1. The average Bonchev–Trinajstić information content (AvgIpc) is 3.13. The van der Waals surface area contributed by atoms with Crippen molar-refractivity contribution in [3.8, 4) is 5.75 Å². The predicted octanol–water partition coefficient (Wildman–Crippen LogP) is 5.83. The SMILES string of the molecule is Cc1ccc(F)cc1C1=CC(=O)N[C@@H](c2cc(Cl)ccc2OC(C)CC(=O)O)[C@]12C(=O)Nc1cc(Cl)ccc12. The normalized spacial score (nSPS) is 20.6. The van der Waals surface area contributed by atoms with Gasteiger partial charge in [0.2, 0.25) is 11.8 Å². The fourth-order valence-electron chi connectivity index (χ4n) is 5.40. The summed E-state index contributed by atoms with van der Waals surface area (Å²) < 4.78 is 20.6. The Morgan fingerprint density at radius 2 is 1.82 bits per heavy atom. The molecule has 10 heteroatoms. The van der Waals surface area contributed by atoms with Crippen molar-refractivity contribution < 1.29 is 28.6 Å². The molecule has 5 rings (SSSR count). The Morgan fingerprint density at radius 1 is 1.10 bits per heavy atom. The summed E-state index contributed by atoms with van der Waals surface area (Å²) in [4.78, 5) is 38.7. The van der Waals surface area contributed by atoms with Gasteiger partial charge in [0, 0.05) is 27.4 Å². The van der Waals surface area contributed by atoms with Gasteiger partial charge in [-0.25, -0.2) is 4.39 Å². The van der Waals surface area contributed by atoms with Gasteiger partial charge in [0.1, 0.15) is 23.1 Å². The summed E-state index contributed by atoms with van der Waals surface area (Å²) in [7, 11) is 0. The maximum absolute atomic E-state index is 14.6. The molecule has 0 aromatic heterocycles. The third-order valence-corrected chi connectivity index (χ3v) is 7.47. The molecule has 3 N–H and O–H groups in total. The number of rotatable bonds is 6. The highest BCUT2D eigenvalue weighted by Crippen LogP contribution is 2.57. The quantitative estimate of drug-likeness (QED) is 0.347. The number of carbonyl (C=O) groups excluding carboxylic acids is 2. The molecule has 200 valence electrons. The van der Waals surface area contributed by atoms with Crippen molar-refractivity contribution in [3.63, 3.8) is 0 Å². The molecule has 39 heavy (non-hydrogen) atoms. The minimum Gasteiger partial charge on any atom is -0.490 e. The number of carboxylic acids is 1. The number of nitrogens with one attached hydrogen (secondary N) is 2. The molecule has 0 saturated carbocycles. The van der Waals surface area contributed by atoms with E-state index in [4.69, 9.17) is 27.9 Å². The summed E-state index contributed by atoms with van der Waals surface area (Å²) in [6.45, 7) is 3.37. The van der Waals surface area contributed by atoms with E-state index in [0.717, 1.165) is 0 Å². The minimum atomic E-state index is -1.58. The molecule has 0 bridgehead atoms. The highest BCUT2D eigenvalue weighted by Gasteiger charge is 2.59. The van der Waals surface area contributed by atoms with Crippen LogP contribution in [0.15, 0.2) is 60.7 Å². The van der Waals surface area contributed by atoms with Crippen LogP contribution in [0.3, 0.4) is 0 Å². The van der Waals surface area contributed by atoms with E-state index in [1.807, 2.05) is 0 Å². The van der Waals surface area contributed by atoms with Gasteiger partial charge in [0.15, 0.2) is 0 Å². The molecular formula is C29H23Cl2FN2O5. The lowest BCUT2D eigenvalue weighted by molar-refractivity contribution is -0.138. The Morgan fingerprint density at radius 3 is 2.56 bits per heavy atom. The van der Waals surface area contributed by atoms with E-state index in [1.54, 1.807) is 56.3 Å². The Labute approximate surface area is 233 Å². The van der Waals surface area contributed by atoms with Crippen LogP contribution in [0.2, 0.25) is 10.0 Å². The van der Waals surface area contributed by atoms with Crippen molar-refractivity contribution >= 4 is 52.2 Å². The fourth-order valence-corrected chi connectivity index (χ4v) is 5.75. The lowest BCUT2D eigenvalue weighted by atomic mass is 9.63. The molecule has 2 heterocycles. The van der Waals surface area contributed by atoms with Crippen molar-refractivity contribution in [2.75, 3.05) is 5.32 Å². The third kappa shape index (κ3) is 4.64. The van der Waals surface area contributed by atoms with Crippen molar-refractivity contribution in [2.45, 2.75) is 37.8 Å². The molecule has 2 amide bonds. The van der Waals surface area contributed by atoms with E-state index < -0.39 is 41.2 Å². The van der Waals surface area contributed by atoms with Crippen molar-refractivity contribution in [2.24, 2.45) is 0 Å². The first-order valence-corrected chi connectivity index (χ1v) is 12.8. The number of halogens is 3. The van der Waals surface area contributed by atoms with Crippen molar-refractivity contribution in [3.05, 3.63) is 98.8 Å². The first-order chi connectivity index (χ1) is 18.5. The second-order valence-corrected chi connectivity index (χ2v) is 10.5. The number of amides is 2. The number of ether oxygens (including phenoxy) is 1. The van der Waals surface area contributed by atoms with Gasteiger partial charge in [0.25, 0.3) is 0 Å². The zero-order valence-electron chi connectivity index (χ0n) is 20.8. The first-order valence-electron chi connectivity index (χ1n) is 12.1. The largest absolute Gasteiger partial charge is 0.490 e. The topological polar surface area (TPSA) is 105 Å². The van der Waals surface area contributed by atoms with Gasteiger partial charge in [0.05, 0.1) is 12.5 Å². The van der Waals surface area contributed by atoms with E-state index in [-0.39, 0.29) is 17.7 Å². The summed E-state index contributed by atoms with van der Waals surface area (Å²) in [5.41, 5.74) is 1.06. The lowest BCUT2D eigenvalue weighted by Crippen LogP contribution is -2.52. The van der Waals surface area contributed by atoms with E-state index in [1.165, 1.54) is 18.2 Å². The number of benzene rings is 3. The average molecular weight is 569 g/mol. The zero-order valence-corrected chi connectivity index (χ0v) is 22.4. The van der Waals surface area contributed by atoms with Crippen LogP contribution in [0.1, 0.15) is 41.6 Å². The molecule has 1 spiro atoms. The van der Waals surface area contributed by atoms with Crippen LogP contribution < -0.4 is 15.4 Å². The zero-order chi connectivity index (χ0) is 28.1. The van der Waals surface area contributed by atoms with Gasteiger partial charge < -0.3 is 20.5 Å². The molecule has 0 aliphatic carbocycles. The predicted molar refractivity (Wildman–Crippen MR) is 146 cm³/mol. The number of aliphatic carboxylic acids is 1. The van der Waals surface area contributed by atoms with E-state index >= 15 is 0 Å². The molecule has 0 radical (unpaired) electrons. The monoisotopic (exact) mass is 568 g/mol. The first kappa shape index (κ1) is 26.7. The van der Waals surface area contributed by atoms with E-state index in [9.17, 15) is 23.9 Å². The summed E-state index contributed by atoms with van der Waals surface area (Å²) in [6, 6.07) is 12.8. The Bertz CT molecular complexity index is 1570. The van der Waals surface area contributed by atoms with Crippen LogP contribution in [0.5, 0.6) is 5.75 Å². The molecule has 0 fully saturated rings. The molecule has 7 nitrogen and oxygen atoms in total. The number of carboxylic acid groups (broad SMARTS) is 1. The second kappa shape index (κ2) is 10.0. The van der Waals surface area contributed by atoms with Crippen molar-refractivity contribution in [1.82, 2.24) is 5.32 Å². The molecular weight excluding hydrogens is 546 g/mol. The molecule has 3 aromatic rings. The Kier molecular flexibility index (Phi) is 6.86. The number of hydrogen-bond acceptors (Lipinski definition) is 4. The highest BCUT2D eigenvalue weighted by atomic mass is 35.5. The van der Waals surface area contributed by atoms with Crippen LogP contribution >= 0.6 is 23.2 Å². The molecule has 3 atom stereocenters. The maximum atomic E-state index is 14.6. The number of hydrogen-bond donors (Lipinski definition) is 3. The Balaban J connectivity index is 1.80. The van der Waals surface area contributed by atoms with E-state index in [0.29, 0.717) is 38.0 Å². The summed E-state index contributed by atoms with van der Waals surface area (Å²) in [6.07, 6.45) is 0.293. The van der Waals surface area contributed by atoms with Crippen molar-refractivity contribution in [1.29, 1.82) is 0 Å². The van der Waals surface area contributed by atoms with Gasteiger partial charge in [-0.3, -0.25) is 14.4 Å². The molecule has 2 aliphatic rings. The molecule has 0 saturated heterocycles. The number of carbonyl (C=O) groups is 3. The second-order valence-electron chi connectivity index (χ2n) is 9.62. The van der Waals surface area contributed by atoms with Crippen LogP contribution in [0.4, 0.5) is 10.1 Å². The molecule has 1 unspecified atom stereocenters. The van der Waals surface area contributed by atoms with Gasteiger partial charge >= 0.3 is 5.97 Å². The summed E-state index contributed by atoms with van der Waals surface area (Å²) >= 11 is 12.6. The minimum absolute atomic E-state index is 0.241. The van der Waals surface area contributed by atoms with Crippen LogP contribution in [0.25, 0.3) is 5.57 Å². The fraction of sp³-hybridized carbons (Fsp3) is 0.207. The molecule has 3 aromatic carbocycles. The van der Waals surface area contributed by atoms with Gasteiger partial charge in [-0.2, -0.15) is 0 Å². The number of fused-ring (bicyclic) bond motifs is 2. The molecule has 2 aliphatic heterocycles. The number of aryl methyl sites for hydroxylation is 1. The Hall–Kier alpha value is -3.88. The van der Waals surface area contributed by atoms with Crippen LogP contribution in [-0.4, -0.2) is 29.0 Å². The maximum Gasteiger partial charge on any atom is 0.307 e.